The van der Waals surface area contributed by atoms with Crippen molar-refractivity contribution in [2.45, 2.75) is 6.92 Å². The quantitative estimate of drug-likeness (QED) is 0.409. The number of imide groups is 1. The number of carbonyl (C=O) groups excluding carboxylic acids is 2. The van der Waals surface area contributed by atoms with Crippen LogP contribution in [0.1, 0.15) is 26.3 Å². The van der Waals surface area contributed by atoms with Gasteiger partial charge in [-0.2, -0.15) is 0 Å². The summed E-state index contributed by atoms with van der Waals surface area (Å²) in [5.74, 6) is -0.232. The second-order valence-electron chi connectivity index (χ2n) is 7.31. The number of aryl methyl sites for hydroxylation is 1. The second-order valence-corrected chi connectivity index (χ2v) is 7.69. The van der Waals surface area contributed by atoms with Crippen molar-refractivity contribution in [1.82, 2.24) is 10.1 Å². The Morgan fingerprint density at radius 1 is 0.968 bits per heavy atom. The van der Waals surface area contributed by atoms with E-state index in [4.69, 9.17) is 20.9 Å². The number of rotatable bonds is 5. The van der Waals surface area contributed by atoms with Gasteiger partial charge in [0, 0.05) is 5.56 Å². The number of halogens is 1. The maximum Gasteiger partial charge on any atom is 0.261 e. The first-order valence-corrected chi connectivity index (χ1v) is 10.2. The highest BCUT2D eigenvalue weighted by molar-refractivity contribution is 6.36. The summed E-state index contributed by atoms with van der Waals surface area (Å²) < 4.78 is 11.2. The molecule has 2 amide bonds. The first kappa shape index (κ1) is 19.3. The summed E-state index contributed by atoms with van der Waals surface area (Å²) in [6.45, 7) is 2.24. The van der Waals surface area contributed by atoms with E-state index in [0.29, 0.717) is 33.2 Å². The number of hydrogen-bond acceptors (Lipinski definition) is 5. The summed E-state index contributed by atoms with van der Waals surface area (Å²) in [6, 6.07) is 18.3. The number of amides is 2. The number of aromatic nitrogens is 1. The molecule has 1 aromatic heterocycles. The Hall–Kier alpha value is -3.64. The molecular weight excluding hydrogens is 416 g/mol. The molecule has 1 aliphatic rings. The molecule has 0 radical (unpaired) electrons. The lowest BCUT2D eigenvalue weighted by Crippen LogP contribution is -2.33. The van der Waals surface area contributed by atoms with Gasteiger partial charge >= 0.3 is 0 Å². The fourth-order valence-electron chi connectivity index (χ4n) is 3.67. The van der Waals surface area contributed by atoms with Crippen LogP contribution in [0.15, 0.2) is 65.2 Å². The summed E-state index contributed by atoms with van der Waals surface area (Å²) >= 11 is 6.49. The molecule has 0 atom stereocenters. The van der Waals surface area contributed by atoms with Crippen LogP contribution in [0.25, 0.3) is 22.2 Å². The smallest absolute Gasteiger partial charge is 0.261 e. The molecule has 0 N–H and O–H groups in total. The van der Waals surface area contributed by atoms with E-state index in [1.54, 1.807) is 30.3 Å². The topological polar surface area (TPSA) is 72.6 Å². The highest BCUT2D eigenvalue weighted by Crippen LogP contribution is 2.37. The Balaban J connectivity index is 1.33. The Morgan fingerprint density at radius 2 is 1.65 bits per heavy atom. The number of nitrogens with zero attached hydrogens (tertiary/aromatic N) is 2. The van der Waals surface area contributed by atoms with Gasteiger partial charge in [-0.3, -0.25) is 14.5 Å². The summed E-state index contributed by atoms with van der Waals surface area (Å²) in [5.41, 5.74) is 4.04. The standard InChI is InChI=1S/C24H17ClN2O4/c1-14-6-8-15(9-7-14)21-18-10-11-19(20(25)22(18)31-26-21)30-13-12-27-23(28)16-4-2-3-5-17(16)24(27)29/h2-11H,12-13H2,1H3. The SMILES string of the molecule is Cc1ccc(-c2noc3c(Cl)c(OCCN4C(=O)c5ccccc5C4=O)ccc23)cc1. The fraction of sp³-hybridized carbons (Fsp3) is 0.125. The van der Waals surface area contributed by atoms with Gasteiger partial charge in [0.2, 0.25) is 0 Å². The molecule has 0 spiro atoms. The fourth-order valence-corrected chi connectivity index (χ4v) is 3.93. The molecular formula is C24H17ClN2O4. The molecule has 3 aromatic carbocycles. The number of benzene rings is 3. The van der Waals surface area contributed by atoms with Gasteiger partial charge in [-0.25, -0.2) is 0 Å². The summed E-state index contributed by atoms with van der Waals surface area (Å²) in [6.07, 6.45) is 0. The van der Waals surface area contributed by atoms with Gasteiger partial charge in [0.25, 0.3) is 11.8 Å². The van der Waals surface area contributed by atoms with Crippen molar-refractivity contribution in [1.29, 1.82) is 0 Å². The van der Waals surface area contributed by atoms with Crippen molar-refractivity contribution in [2.24, 2.45) is 0 Å². The summed E-state index contributed by atoms with van der Waals surface area (Å²) in [7, 11) is 0. The molecule has 0 saturated carbocycles. The normalized spacial score (nSPS) is 13.2. The van der Waals surface area contributed by atoms with E-state index in [1.165, 1.54) is 4.90 Å². The Kier molecular flexibility index (Phi) is 4.71. The van der Waals surface area contributed by atoms with E-state index in [-0.39, 0.29) is 25.0 Å². The Bertz CT molecular complexity index is 1290. The molecule has 0 aliphatic carbocycles. The van der Waals surface area contributed by atoms with Crippen molar-refractivity contribution in [3.8, 4) is 17.0 Å². The van der Waals surface area contributed by atoms with Crippen molar-refractivity contribution >= 4 is 34.4 Å². The van der Waals surface area contributed by atoms with E-state index in [0.717, 1.165) is 16.5 Å². The molecule has 154 valence electrons. The highest BCUT2D eigenvalue weighted by atomic mass is 35.5. The van der Waals surface area contributed by atoms with Gasteiger partial charge in [-0.1, -0.05) is 58.7 Å². The van der Waals surface area contributed by atoms with E-state index in [9.17, 15) is 9.59 Å². The zero-order valence-corrected chi connectivity index (χ0v) is 17.3. The van der Waals surface area contributed by atoms with Crippen LogP contribution in [0.3, 0.4) is 0 Å². The minimum absolute atomic E-state index is 0.107. The molecule has 5 rings (SSSR count). The average Bonchev–Trinajstić information content (AvgIpc) is 3.32. The molecule has 4 aromatic rings. The third-order valence-corrected chi connectivity index (χ3v) is 5.68. The van der Waals surface area contributed by atoms with Crippen LogP contribution in [-0.4, -0.2) is 35.0 Å². The number of hydrogen-bond donors (Lipinski definition) is 0. The average molecular weight is 433 g/mol. The van der Waals surface area contributed by atoms with Crippen LogP contribution in [-0.2, 0) is 0 Å². The van der Waals surface area contributed by atoms with Crippen LogP contribution in [0.2, 0.25) is 5.02 Å². The predicted octanol–water partition coefficient (Wildman–Crippen LogP) is 5.13. The van der Waals surface area contributed by atoms with Crippen molar-refractivity contribution in [3.05, 3.63) is 82.4 Å². The van der Waals surface area contributed by atoms with Gasteiger partial charge in [-0.15, -0.1) is 0 Å². The Morgan fingerprint density at radius 3 is 2.32 bits per heavy atom. The van der Waals surface area contributed by atoms with E-state index >= 15 is 0 Å². The predicted molar refractivity (Wildman–Crippen MR) is 116 cm³/mol. The first-order valence-electron chi connectivity index (χ1n) is 9.77. The summed E-state index contributed by atoms with van der Waals surface area (Å²) in [5, 5.41) is 5.25. The first-order chi connectivity index (χ1) is 15.0. The molecule has 0 saturated heterocycles. The van der Waals surface area contributed by atoms with Gasteiger partial charge in [0.15, 0.2) is 5.58 Å². The molecule has 2 heterocycles. The number of fused-ring (bicyclic) bond motifs is 2. The minimum atomic E-state index is -0.316. The van der Waals surface area contributed by atoms with Crippen LogP contribution in [0.4, 0.5) is 0 Å². The summed E-state index contributed by atoms with van der Waals surface area (Å²) in [4.78, 5) is 26.1. The largest absolute Gasteiger partial charge is 0.490 e. The van der Waals surface area contributed by atoms with E-state index in [2.05, 4.69) is 5.16 Å². The van der Waals surface area contributed by atoms with E-state index in [1.807, 2.05) is 37.3 Å². The third kappa shape index (κ3) is 3.25. The lowest BCUT2D eigenvalue weighted by atomic mass is 10.1. The second kappa shape index (κ2) is 7.56. The minimum Gasteiger partial charge on any atom is -0.490 e. The van der Waals surface area contributed by atoms with Crippen molar-refractivity contribution in [2.75, 3.05) is 13.2 Å². The van der Waals surface area contributed by atoms with Gasteiger partial charge < -0.3 is 9.26 Å². The zero-order chi connectivity index (χ0) is 21.5. The van der Waals surface area contributed by atoms with Gasteiger partial charge in [0.1, 0.15) is 23.1 Å². The third-order valence-electron chi connectivity index (χ3n) is 5.32. The van der Waals surface area contributed by atoms with Crippen molar-refractivity contribution in [3.63, 3.8) is 0 Å². The lowest BCUT2D eigenvalue weighted by molar-refractivity contribution is 0.0631. The number of carbonyl (C=O) groups is 2. The zero-order valence-electron chi connectivity index (χ0n) is 16.6. The van der Waals surface area contributed by atoms with Gasteiger partial charge in [-0.05, 0) is 31.2 Å². The molecule has 1 aliphatic heterocycles. The van der Waals surface area contributed by atoms with Crippen molar-refractivity contribution < 1.29 is 18.8 Å². The van der Waals surface area contributed by atoms with Crippen LogP contribution in [0.5, 0.6) is 5.75 Å². The maximum absolute atomic E-state index is 12.4. The Labute approximate surface area is 183 Å². The maximum atomic E-state index is 12.4. The van der Waals surface area contributed by atoms with Crippen LogP contribution < -0.4 is 4.74 Å². The molecule has 0 bridgehead atoms. The number of ether oxygens (including phenoxy) is 1. The van der Waals surface area contributed by atoms with E-state index < -0.39 is 0 Å². The van der Waals surface area contributed by atoms with Gasteiger partial charge in [0.05, 0.1) is 23.1 Å². The van der Waals surface area contributed by atoms with Crippen LogP contribution >= 0.6 is 11.6 Å². The molecule has 6 nitrogen and oxygen atoms in total. The highest BCUT2D eigenvalue weighted by Gasteiger charge is 2.34. The van der Waals surface area contributed by atoms with Crippen LogP contribution in [0, 0.1) is 6.92 Å². The molecule has 0 unspecified atom stereocenters. The molecule has 31 heavy (non-hydrogen) atoms. The molecule has 7 heteroatoms. The monoisotopic (exact) mass is 432 g/mol. The lowest BCUT2D eigenvalue weighted by Gasteiger charge is -2.15. The molecule has 0 fully saturated rings.